The zero-order valence-corrected chi connectivity index (χ0v) is 10.4. The number of hydrogen-bond donors (Lipinski definition) is 2. The molecule has 0 amide bonds. The maximum atomic E-state index is 6.35. The smallest absolute Gasteiger partial charge is 0.133 e. The summed E-state index contributed by atoms with van der Waals surface area (Å²) in [5.74, 6) is 1.45. The Kier molecular flexibility index (Phi) is 2.64. The summed E-state index contributed by atoms with van der Waals surface area (Å²) in [7, 11) is 0. The van der Waals surface area contributed by atoms with Crippen LogP contribution in [0.5, 0.6) is 0 Å². The van der Waals surface area contributed by atoms with Gasteiger partial charge in [-0.15, -0.1) is 0 Å². The highest BCUT2D eigenvalue weighted by Gasteiger charge is 2.31. The largest absolute Gasteiger partial charge is 0.320 e. The van der Waals surface area contributed by atoms with Gasteiger partial charge in [0.05, 0.1) is 11.2 Å². The van der Waals surface area contributed by atoms with Crippen molar-refractivity contribution in [1.29, 1.82) is 0 Å². The maximum Gasteiger partial charge on any atom is 0.133 e. The molecule has 3 N–H and O–H groups in total. The summed E-state index contributed by atoms with van der Waals surface area (Å²) in [5, 5.41) is 3.36. The Hall–Kier alpha value is -1.00. The Morgan fingerprint density at radius 2 is 2.41 bits per heavy atom. The fourth-order valence-corrected chi connectivity index (χ4v) is 2.93. The van der Waals surface area contributed by atoms with E-state index in [1.165, 1.54) is 5.56 Å². The van der Waals surface area contributed by atoms with Crippen LogP contribution < -0.4 is 11.1 Å². The van der Waals surface area contributed by atoms with E-state index in [1.54, 1.807) is 0 Å². The quantitative estimate of drug-likeness (QED) is 0.760. The Balaban J connectivity index is 1.98. The van der Waals surface area contributed by atoms with Gasteiger partial charge in [0.2, 0.25) is 0 Å². The van der Waals surface area contributed by atoms with Crippen LogP contribution in [0.3, 0.4) is 0 Å². The standard InChI is InChI=1S/C13H20N4/c1-13(14)5-2-3-9-8-16-12(17-11(9)13)10-4-6-15-7-10/h8,10,15H,2-7,14H2,1H3. The average molecular weight is 232 g/mol. The summed E-state index contributed by atoms with van der Waals surface area (Å²) in [6.45, 7) is 4.17. The van der Waals surface area contributed by atoms with Gasteiger partial charge >= 0.3 is 0 Å². The predicted molar refractivity (Wildman–Crippen MR) is 66.7 cm³/mol. The number of aromatic nitrogens is 2. The molecule has 0 bridgehead atoms. The lowest BCUT2D eigenvalue weighted by atomic mass is 9.82. The number of aryl methyl sites for hydroxylation is 1. The molecular weight excluding hydrogens is 212 g/mol. The van der Waals surface area contributed by atoms with Crippen LogP contribution in [-0.2, 0) is 12.0 Å². The molecule has 92 valence electrons. The van der Waals surface area contributed by atoms with Crippen molar-refractivity contribution in [2.24, 2.45) is 5.73 Å². The van der Waals surface area contributed by atoms with Gasteiger partial charge in [-0.05, 0) is 44.7 Å². The molecule has 0 saturated carbocycles. The molecule has 3 rings (SSSR count). The lowest BCUT2D eigenvalue weighted by Crippen LogP contribution is -2.38. The summed E-state index contributed by atoms with van der Waals surface area (Å²) in [5.41, 5.74) is 8.41. The van der Waals surface area contributed by atoms with E-state index in [4.69, 9.17) is 10.7 Å². The predicted octanol–water partition coefficient (Wildman–Crippen LogP) is 1.06. The molecule has 0 spiro atoms. The first kappa shape index (κ1) is 11.1. The van der Waals surface area contributed by atoms with Gasteiger partial charge in [0.1, 0.15) is 5.82 Å². The van der Waals surface area contributed by atoms with E-state index in [0.717, 1.165) is 50.3 Å². The zero-order valence-electron chi connectivity index (χ0n) is 10.4. The van der Waals surface area contributed by atoms with E-state index >= 15 is 0 Å². The molecule has 1 fully saturated rings. The van der Waals surface area contributed by atoms with E-state index in [0.29, 0.717) is 5.92 Å². The van der Waals surface area contributed by atoms with Crippen LogP contribution in [0.2, 0.25) is 0 Å². The van der Waals surface area contributed by atoms with Gasteiger partial charge in [-0.25, -0.2) is 9.97 Å². The molecular formula is C13H20N4. The van der Waals surface area contributed by atoms with Crippen LogP contribution in [0.4, 0.5) is 0 Å². The lowest BCUT2D eigenvalue weighted by molar-refractivity contribution is 0.391. The van der Waals surface area contributed by atoms with Gasteiger partial charge < -0.3 is 11.1 Å². The molecule has 2 unspecified atom stereocenters. The Bertz CT molecular complexity index is 421. The third-order valence-electron chi connectivity index (χ3n) is 3.99. The lowest BCUT2D eigenvalue weighted by Gasteiger charge is -2.31. The van der Waals surface area contributed by atoms with Crippen LogP contribution in [-0.4, -0.2) is 23.1 Å². The van der Waals surface area contributed by atoms with Crippen molar-refractivity contribution in [1.82, 2.24) is 15.3 Å². The second-order valence-electron chi connectivity index (χ2n) is 5.56. The van der Waals surface area contributed by atoms with Crippen LogP contribution in [0.15, 0.2) is 6.20 Å². The second kappa shape index (κ2) is 4.03. The monoisotopic (exact) mass is 232 g/mol. The first-order valence-electron chi connectivity index (χ1n) is 6.53. The molecule has 0 aromatic carbocycles. The highest BCUT2D eigenvalue weighted by atomic mass is 15.0. The van der Waals surface area contributed by atoms with Crippen molar-refractivity contribution >= 4 is 0 Å². The minimum atomic E-state index is -0.267. The minimum absolute atomic E-state index is 0.267. The Labute approximate surface area is 102 Å². The number of nitrogens with two attached hydrogens (primary N) is 1. The van der Waals surface area contributed by atoms with Crippen molar-refractivity contribution < 1.29 is 0 Å². The fraction of sp³-hybridized carbons (Fsp3) is 0.692. The molecule has 4 nitrogen and oxygen atoms in total. The van der Waals surface area contributed by atoms with Gasteiger partial charge in [-0.1, -0.05) is 0 Å². The third-order valence-corrected chi connectivity index (χ3v) is 3.99. The summed E-state index contributed by atoms with van der Waals surface area (Å²) >= 11 is 0. The van der Waals surface area contributed by atoms with Crippen LogP contribution in [0.25, 0.3) is 0 Å². The number of rotatable bonds is 1. The van der Waals surface area contributed by atoms with E-state index in [2.05, 4.69) is 17.2 Å². The fourth-order valence-electron chi connectivity index (χ4n) is 2.93. The topological polar surface area (TPSA) is 63.8 Å². The SMILES string of the molecule is CC1(N)CCCc2cnc(C3CCNC3)nc21. The number of hydrogen-bond acceptors (Lipinski definition) is 4. The molecule has 2 atom stereocenters. The van der Waals surface area contributed by atoms with Crippen LogP contribution in [0, 0.1) is 0 Å². The summed E-state index contributed by atoms with van der Waals surface area (Å²) in [4.78, 5) is 9.30. The van der Waals surface area contributed by atoms with E-state index in [-0.39, 0.29) is 5.54 Å². The first-order chi connectivity index (χ1) is 8.17. The molecule has 0 radical (unpaired) electrons. The molecule has 1 aromatic heterocycles. The molecule has 1 aliphatic heterocycles. The van der Waals surface area contributed by atoms with Crippen molar-refractivity contribution in [3.8, 4) is 0 Å². The highest BCUT2D eigenvalue weighted by molar-refractivity contribution is 5.28. The normalized spacial score (nSPS) is 32.5. The van der Waals surface area contributed by atoms with Crippen LogP contribution >= 0.6 is 0 Å². The number of fused-ring (bicyclic) bond motifs is 1. The van der Waals surface area contributed by atoms with E-state index < -0.39 is 0 Å². The molecule has 4 heteroatoms. The van der Waals surface area contributed by atoms with Crippen molar-refractivity contribution in [3.05, 3.63) is 23.3 Å². The number of nitrogens with zero attached hydrogens (tertiary/aromatic N) is 2. The highest BCUT2D eigenvalue weighted by Crippen LogP contribution is 2.32. The second-order valence-corrected chi connectivity index (χ2v) is 5.56. The van der Waals surface area contributed by atoms with Gasteiger partial charge in [0, 0.05) is 18.7 Å². The molecule has 1 saturated heterocycles. The van der Waals surface area contributed by atoms with Crippen molar-refractivity contribution in [2.75, 3.05) is 13.1 Å². The van der Waals surface area contributed by atoms with Gasteiger partial charge in [0.25, 0.3) is 0 Å². The Morgan fingerprint density at radius 3 is 3.18 bits per heavy atom. The molecule has 1 aliphatic carbocycles. The maximum absolute atomic E-state index is 6.35. The summed E-state index contributed by atoms with van der Waals surface area (Å²) < 4.78 is 0. The molecule has 17 heavy (non-hydrogen) atoms. The third kappa shape index (κ3) is 1.96. The van der Waals surface area contributed by atoms with Gasteiger partial charge in [-0.3, -0.25) is 0 Å². The Morgan fingerprint density at radius 1 is 1.53 bits per heavy atom. The molecule has 2 aliphatic rings. The van der Waals surface area contributed by atoms with Gasteiger partial charge in [-0.2, -0.15) is 0 Å². The van der Waals surface area contributed by atoms with Crippen LogP contribution in [0.1, 0.15) is 49.2 Å². The van der Waals surface area contributed by atoms with E-state index in [9.17, 15) is 0 Å². The van der Waals surface area contributed by atoms with Gasteiger partial charge in [0.15, 0.2) is 0 Å². The minimum Gasteiger partial charge on any atom is -0.320 e. The number of nitrogens with one attached hydrogen (secondary N) is 1. The van der Waals surface area contributed by atoms with E-state index in [1.807, 2.05) is 6.20 Å². The summed E-state index contributed by atoms with van der Waals surface area (Å²) in [6.07, 6.45) is 6.39. The molecule has 2 heterocycles. The average Bonchev–Trinajstić information content (AvgIpc) is 2.82. The zero-order chi connectivity index (χ0) is 11.9. The van der Waals surface area contributed by atoms with Crippen molar-refractivity contribution in [2.45, 2.75) is 44.1 Å². The first-order valence-corrected chi connectivity index (χ1v) is 6.53. The summed E-state index contributed by atoms with van der Waals surface area (Å²) in [6, 6.07) is 0. The van der Waals surface area contributed by atoms with Crippen molar-refractivity contribution in [3.63, 3.8) is 0 Å². The molecule has 1 aromatic rings.